The highest BCUT2D eigenvalue weighted by atomic mass is 19.1. The average Bonchev–Trinajstić information content (AvgIpc) is 3.21. The molecule has 0 saturated heterocycles. The number of ketones is 1. The summed E-state index contributed by atoms with van der Waals surface area (Å²) in [5.74, 6) is 0.179. The number of rotatable bonds is 6. The maximum absolute atomic E-state index is 14.3. The van der Waals surface area contributed by atoms with E-state index in [-0.39, 0.29) is 22.8 Å². The van der Waals surface area contributed by atoms with Gasteiger partial charge >= 0.3 is 0 Å². The largest absolute Gasteiger partial charge is 0.493 e. The van der Waals surface area contributed by atoms with Gasteiger partial charge in [0.05, 0.1) is 19.8 Å². The summed E-state index contributed by atoms with van der Waals surface area (Å²) in [6.07, 6.45) is 1.44. The van der Waals surface area contributed by atoms with Crippen molar-refractivity contribution in [1.29, 1.82) is 0 Å². The Labute approximate surface area is 172 Å². The first-order valence-electron chi connectivity index (χ1n) is 9.19. The third-order valence-corrected chi connectivity index (χ3v) is 4.62. The molecule has 30 heavy (non-hydrogen) atoms. The lowest BCUT2D eigenvalue weighted by Gasteiger charge is -2.10. The summed E-state index contributed by atoms with van der Waals surface area (Å²) in [5.41, 5.74) is 1.85. The Bertz CT molecular complexity index is 1230. The van der Waals surface area contributed by atoms with E-state index in [9.17, 15) is 9.18 Å². The zero-order valence-corrected chi connectivity index (χ0v) is 16.4. The van der Waals surface area contributed by atoms with Crippen LogP contribution < -0.4 is 9.47 Å². The average molecular weight is 403 g/mol. The highest BCUT2D eigenvalue weighted by Gasteiger charge is 2.22. The minimum absolute atomic E-state index is 0.110. The van der Waals surface area contributed by atoms with Gasteiger partial charge < -0.3 is 13.9 Å². The Hall–Kier alpha value is -3.93. The van der Waals surface area contributed by atoms with Gasteiger partial charge in [-0.3, -0.25) is 4.79 Å². The van der Waals surface area contributed by atoms with E-state index in [0.717, 1.165) is 0 Å². The summed E-state index contributed by atoms with van der Waals surface area (Å²) in [4.78, 5) is 17.8. The van der Waals surface area contributed by atoms with Crippen molar-refractivity contribution in [2.75, 3.05) is 14.2 Å². The summed E-state index contributed by atoms with van der Waals surface area (Å²) in [7, 11) is 3.00. The van der Waals surface area contributed by atoms with Gasteiger partial charge in [-0.15, -0.1) is 0 Å². The Balaban J connectivity index is 1.87. The summed E-state index contributed by atoms with van der Waals surface area (Å²) in [6, 6.07) is 18.2. The first-order valence-corrected chi connectivity index (χ1v) is 9.19. The predicted octanol–water partition coefficient (Wildman–Crippen LogP) is 5.41. The number of hydrogen-bond donors (Lipinski definition) is 0. The first kappa shape index (κ1) is 19.4. The van der Waals surface area contributed by atoms with Crippen molar-refractivity contribution >= 4 is 28.5 Å². The third-order valence-electron chi connectivity index (χ3n) is 4.62. The fourth-order valence-electron chi connectivity index (χ4n) is 3.09. The van der Waals surface area contributed by atoms with Crippen LogP contribution in [0.15, 0.2) is 71.1 Å². The molecule has 4 rings (SSSR count). The standard InChI is InChI=1S/C24H18FNO4/c1-28-21-12-11-16(14-22(21)29-2)23(27)17(13-15-7-3-4-8-18(15)25)24-26-19-9-5-6-10-20(19)30-24/h3-14H,1-2H3. The number of hydrogen-bond acceptors (Lipinski definition) is 5. The smallest absolute Gasteiger partial charge is 0.231 e. The molecule has 0 fully saturated rings. The second kappa shape index (κ2) is 8.21. The quantitative estimate of drug-likeness (QED) is 0.318. The fraction of sp³-hybridized carbons (Fsp3) is 0.0833. The second-order valence-corrected chi connectivity index (χ2v) is 6.47. The lowest BCUT2D eigenvalue weighted by molar-refractivity contribution is 0.105. The molecule has 5 nitrogen and oxygen atoms in total. The van der Waals surface area contributed by atoms with E-state index in [4.69, 9.17) is 13.9 Å². The van der Waals surface area contributed by atoms with Gasteiger partial charge in [-0.1, -0.05) is 30.3 Å². The Morgan fingerprint density at radius 1 is 0.967 bits per heavy atom. The van der Waals surface area contributed by atoms with Crippen LogP contribution in [-0.4, -0.2) is 25.0 Å². The van der Waals surface area contributed by atoms with Crippen LogP contribution in [0.4, 0.5) is 4.39 Å². The van der Waals surface area contributed by atoms with E-state index < -0.39 is 5.82 Å². The zero-order chi connectivity index (χ0) is 21.1. The number of carbonyl (C=O) groups excluding carboxylic acids is 1. The van der Waals surface area contributed by atoms with Crippen LogP contribution in [-0.2, 0) is 0 Å². The van der Waals surface area contributed by atoms with Crippen LogP contribution >= 0.6 is 0 Å². The number of methoxy groups -OCH3 is 2. The highest BCUT2D eigenvalue weighted by Crippen LogP contribution is 2.31. The van der Waals surface area contributed by atoms with Crippen molar-refractivity contribution in [3.63, 3.8) is 0 Å². The topological polar surface area (TPSA) is 61.6 Å². The van der Waals surface area contributed by atoms with Crippen LogP contribution in [0.3, 0.4) is 0 Å². The van der Waals surface area contributed by atoms with Crippen LogP contribution in [0.1, 0.15) is 21.8 Å². The number of aromatic nitrogens is 1. The van der Waals surface area contributed by atoms with Gasteiger partial charge in [-0.25, -0.2) is 9.37 Å². The Morgan fingerprint density at radius 3 is 2.43 bits per heavy atom. The number of Topliss-reactive ketones (excluding diaryl/α,β-unsaturated/α-hetero) is 1. The van der Waals surface area contributed by atoms with E-state index >= 15 is 0 Å². The molecule has 0 bridgehead atoms. The van der Waals surface area contributed by atoms with Crippen molar-refractivity contribution in [3.05, 3.63) is 89.6 Å². The lowest BCUT2D eigenvalue weighted by atomic mass is 10.00. The van der Waals surface area contributed by atoms with Gasteiger partial charge in [0.2, 0.25) is 5.89 Å². The number of allylic oxidation sites excluding steroid dienone is 1. The molecule has 0 atom stereocenters. The minimum Gasteiger partial charge on any atom is -0.493 e. The number of carbonyl (C=O) groups is 1. The molecule has 0 aliphatic carbocycles. The van der Waals surface area contributed by atoms with E-state index in [2.05, 4.69) is 4.98 Å². The molecule has 4 aromatic rings. The highest BCUT2D eigenvalue weighted by molar-refractivity contribution is 6.31. The third kappa shape index (κ3) is 3.67. The normalized spacial score (nSPS) is 11.5. The molecule has 0 unspecified atom stereocenters. The van der Waals surface area contributed by atoms with Crippen molar-refractivity contribution in [1.82, 2.24) is 4.98 Å². The van der Waals surface area contributed by atoms with Gasteiger partial charge in [0.25, 0.3) is 0 Å². The molecule has 6 heteroatoms. The van der Waals surface area contributed by atoms with Gasteiger partial charge in [0.15, 0.2) is 22.9 Å². The van der Waals surface area contributed by atoms with Crippen molar-refractivity contribution < 1.29 is 23.1 Å². The molecule has 0 aliphatic rings. The minimum atomic E-state index is -0.453. The number of fused-ring (bicyclic) bond motifs is 1. The monoisotopic (exact) mass is 403 g/mol. The van der Waals surface area contributed by atoms with E-state index in [1.54, 1.807) is 48.5 Å². The van der Waals surface area contributed by atoms with Crippen LogP contribution in [0.25, 0.3) is 22.7 Å². The zero-order valence-electron chi connectivity index (χ0n) is 16.4. The first-order chi connectivity index (χ1) is 14.6. The molecule has 1 heterocycles. The fourth-order valence-corrected chi connectivity index (χ4v) is 3.09. The van der Waals surface area contributed by atoms with Crippen LogP contribution in [0, 0.1) is 5.82 Å². The molecule has 0 radical (unpaired) electrons. The summed E-state index contributed by atoms with van der Waals surface area (Å²) >= 11 is 0. The van der Waals surface area contributed by atoms with E-state index in [1.807, 2.05) is 12.1 Å². The molecular formula is C24H18FNO4. The maximum atomic E-state index is 14.3. The summed E-state index contributed by atoms with van der Waals surface area (Å²) in [6.45, 7) is 0. The van der Waals surface area contributed by atoms with Gasteiger partial charge in [0.1, 0.15) is 11.3 Å². The molecule has 150 valence electrons. The summed E-state index contributed by atoms with van der Waals surface area (Å²) < 4.78 is 30.7. The van der Waals surface area contributed by atoms with E-state index in [0.29, 0.717) is 28.2 Å². The number of nitrogens with zero attached hydrogens (tertiary/aromatic N) is 1. The molecular weight excluding hydrogens is 385 g/mol. The second-order valence-electron chi connectivity index (χ2n) is 6.47. The van der Waals surface area contributed by atoms with Crippen molar-refractivity contribution in [3.8, 4) is 11.5 Å². The Kier molecular flexibility index (Phi) is 5.30. The molecule has 3 aromatic carbocycles. The molecule has 1 aromatic heterocycles. The molecule has 0 amide bonds. The predicted molar refractivity (Wildman–Crippen MR) is 112 cm³/mol. The number of benzene rings is 3. The molecule has 0 aliphatic heterocycles. The van der Waals surface area contributed by atoms with E-state index in [1.165, 1.54) is 26.4 Å². The number of halogens is 1. The van der Waals surface area contributed by atoms with Crippen molar-refractivity contribution in [2.24, 2.45) is 0 Å². The molecule has 0 saturated carbocycles. The Morgan fingerprint density at radius 2 is 1.70 bits per heavy atom. The van der Waals surface area contributed by atoms with Crippen LogP contribution in [0.5, 0.6) is 11.5 Å². The van der Waals surface area contributed by atoms with Gasteiger partial charge in [-0.05, 0) is 42.5 Å². The number of oxazole rings is 1. The SMILES string of the molecule is COc1ccc(C(=O)C(=Cc2ccccc2F)c2nc3ccccc3o2)cc1OC. The van der Waals surface area contributed by atoms with Gasteiger partial charge in [-0.2, -0.15) is 0 Å². The summed E-state index contributed by atoms with van der Waals surface area (Å²) in [5, 5.41) is 0. The number of ether oxygens (including phenoxy) is 2. The lowest BCUT2D eigenvalue weighted by Crippen LogP contribution is -2.04. The van der Waals surface area contributed by atoms with Crippen molar-refractivity contribution in [2.45, 2.75) is 0 Å². The molecule has 0 spiro atoms. The number of para-hydroxylation sites is 2. The van der Waals surface area contributed by atoms with Gasteiger partial charge in [0, 0.05) is 11.1 Å². The maximum Gasteiger partial charge on any atom is 0.231 e. The van der Waals surface area contributed by atoms with Crippen LogP contribution in [0.2, 0.25) is 0 Å². The molecule has 0 N–H and O–H groups in total.